The first-order valence-corrected chi connectivity index (χ1v) is 13.5. The van der Waals surface area contributed by atoms with Gasteiger partial charge >= 0.3 is 99.2 Å². The Balaban J connectivity index is 0.000000212. The second kappa shape index (κ2) is 15.4. The van der Waals surface area contributed by atoms with Crippen molar-refractivity contribution in [2.45, 2.75) is 19.8 Å². The van der Waals surface area contributed by atoms with Crippen LogP contribution in [0.1, 0.15) is 35.6 Å². The van der Waals surface area contributed by atoms with E-state index in [1.54, 1.807) is 0 Å². The molecule has 0 unspecified atom stereocenters. The Hall–Kier alpha value is -3.09. The second-order valence-corrected chi connectivity index (χ2v) is 10.3. The number of rotatable bonds is 3. The fraction of sp³-hybridized carbons (Fsp3) is 0.139. The summed E-state index contributed by atoms with van der Waals surface area (Å²) >= 11 is 1.46. The minimum absolute atomic E-state index is 0. The van der Waals surface area contributed by atoms with Crippen molar-refractivity contribution in [1.29, 1.82) is 0 Å². The summed E-state index contributed by atoms with van der Waals surface area (Å²) < 4.78 is 1.42. The summed E-state index contributed by atoms with van der Waals surface area (Å²) in [5, 5.41) is 0. The summed E-state index contributed by atoms with van der Waals surface area (Å²) in [4.78, 5) is 2.10. The van der Waals surface area contributed by atoms with Gasteiger partial charge in [-0.15, -0.1) is 30.5 Å². The molecule has 2 heteroatoms. The Morgan fingerprint density at radius 3 is 1.82 bits per heavy atom. The molecule has 4 aromatic carbocycles. The van der Waals surface area contributed by atoms with Gasteiger partial charge in [0.05, 0.1) is 0 Å². The molecule has 0 N–H and O–H groups in total. The van der Waals surface area contributed by atoms with Crippen molar-refractivity contribution in [1.82, 2.24) is 0 Å². The quantitative estimate of drug-likeness (QED) is 0.195. The van der Waals surface area contributed by atoms with E-state index in [1.165, 1.54) is 66.4 Å². The van der Waals surface area contributed by atoms with Gasteiger partial charge in [-0.1, -0.05) is 41.1 Å². The van der Waals surface area contributed by atoms with Crippen molar-refractivity contribution >= 4 is 8.89 Å². The van der Waals surface area contributed by atoms with E-state index in [4.69, 9.17) is 0 Å². The number of anilines is 1. The van der Waals surface area contributed by atoms with Gasteiger partial charge in [-0.2, -0.15) is 18.2 Å². The molecule has 6 rings (SSSR count). The predicted octanol–water partition coefficient (Wildman–Crippen LogP) is 8.52. The number of fused-ring (bicyclic) bond motifs is 3. The SMILES string of the molecule is CC1=CC[C-]=C1.CN(C)c1[c-]c2c(cc1)-c1ccccc1C2.[CH3-].[CH3-].[Zr]=[C](c1ccccc1)c1ccccc1. The first kappa shape index (κ1) is 31.1. The third-order valence-corrected chi connectivity index (χ3v) is 7.58. The molecule has 0 fully saturated rings. The molecule has 1 nitrogen and oxygen atoms in total. The molecule has 2 aliphatic rings. The van der Waals surface area contributed by atoms with Crippen LogP contribution in [0.25, 0.3) is 11.1 Å². The Morgan fingerprint density at radius 2 is 1.32 bits per heavy atom. The average molecular weight is 575 g/mol. The Labute approximate surface area is 245 Å². The molecular weight excluding hydrogens is 538 g/mol. The van der Waals surface area contributed by atoms with Crippen LogP contribution in [0, 0.1) is 27.0 Å². The first-order valence-electron chi connectivity index (χ1n) is 12.3. The van der Waals surface area contributed by atoms with Crippen LogP contribution in [-0.4, -0.2) is 17.3 Å². The summed E-state index contributed by atoms with van der Waals surface area (Å²) in [7, 11) is 4.11. The molecule has 38 heavy (non-hydrogen) atoms. The van der Waals surface area contributed by atoms with E-state index in [1.807, 2.05) is 6.08 Å². The number of hydrogen-bond donors (Lipinski definition) is 0. The molecule has 4 aromatic rings. The molecule has 194 valence electrons. The van der Waals surface area contributed by atoms with E-state index in [-0.39, 0.29) is 14.9 Å². The van der Waals surface area contributed by atoms with Gasteiger partial charge in [-0.3, -0.25) is 6.08 Å². The van der Waals surface area contributed by atoms with Crippen molar-refractivity contribution in [3.63, 3.8) is 0 Å². The van der Waals surface area contributed by atoms with Crippen LogP contribution < -0.4 is 4.90 Å². The van der Waals surface area contributed by atoms with Gasteiger partial charge in [0.1, 0.15) is 0 Å². The van der Waals surface area contributed by atoms with E-state index in [2.05, 4.69) is 141 Å². The van der Waals surface area contributed by atoms with Crippen LogP contribution in [0.2, 0.25) is 0 Å². The normalized spacial score (nSPS) is 11.6. The summed E-state index contributed by atoms with van der Waals surface area (Å²) in [5.74, 6) is 0. The van der Waals surface area contributed by atoms with Gasteiger partial charge in [-0.25, -0.2) is 11.6 Å². The van der Waals surface area contributed by atoms with Crippen LogP contribution in [0.15, 0.2) is 115 Å². The van der Waals surface area contributed by atoms with Gasteiger partial charge in [0.15, 0.2) is 0 Å². The van der Waals surface area contributed by atoms with E-state index >= 15 is 0 Å². The van der Waals surface area contributed by atoms with Crippen LogP contribution in [0.3, 0.4) is 0 Å². The van der Waals surface area contributed by atoms with Crippen LogP contribution in [-0.2, 0) is 30.7 Å². The van der Waals surface area contributed by atoms with Crippen LogP contribution in [0.5, 0.6) is 0 Å². The predicted molar refractivity (Wildman–Crippen MR) is 163 cm³/mol. The van der Waals surface area contributed by atoms with Gasteiger partial charge in [0, 0.05) is 14.1 Å². The van der Waals surface area contributed by atoms with Crippen molar-refractivity contribution in [3.05, 3.63) is 164 Å². The standard InChI is InChI=1S/C15H14N.C13H10.C6H7.2CH3.Zr/c1-16(2)13-7-8-15-12(10-13)9-11-5-3-4-6-14(11)15;1-3-7-12(8-4-1)11-13-9-5-2-6-10-13;1-6-4-2-3-5-6;;;/h3-8H,9H2,1-2H3;1-10H;4-5H,2H2,1H3;2*1H3;/q-1;;3*-1;. The molecule has 0 aliphatic heterocycles. The fourth-order valence-electron chi connectivity index (χ4n) is 4.18. The molecule has 0 aromatic heterocycles. The third-order valence-electron chi connectivity index (χ3n) is 6.17. The molecule has 0 saturated carbocycles. The van der Waals surface area contributed by atoms with Crippen molar-refractivity contribution in [2.24, 2.45) is 0 Å². The Bertz CT molecular complexity index is 1320. The van der Waals surface area contributed by atoms with Gasteiger partial charge in [-0.05, 0) is 6.42 Å². The topological polar surface area (TPSA) is 3.24 Å². The molecular formula is C36H37NZr-4. The molecule has 0 bridgehead atoms. The van der Waals surface area contributed by atoms with Crippen molar-refractivity contribution < 1.29 is 24.2 Å². The van der Waals surface area contributed by atoms with Gasteiger partial charge < -0.3 is 19.8 Å². The Kier molecular flexibility index (Phi) is 12.6. The zero-order valence-electron chi connectivity index (χ0n) is 23.3. The van der Waals surface area contributed by atoms with Crippen molar-refractivity contribution in [3.8, 4) is 11.1 Å². The van der Waals surface area contributed by atoms with Gasteiger partial charge in [0.2, 0.25) is 0 Å². The summed E-state index contributed by atoms with van der Waals surface area (Å²) in [6.07, 6.45) is 9.26. The second-order valence-electron chi connectivity index (χ2n) is 9.07. The molecule has 0 saturated heterocycles. The average Bonchev–Trinajstić information content (AvgIpc) is 3.56. The Morgan fingerprint density at radius 1 is 0.737 bits per heavy atom. The zero-order valence-corrected chi connectivity index (χ0v) is 25.7. The first-order chi connectivity index (χ1) is 17.5. The van der Waals surface area contributed by atoms with Crippen LogP contribution >= 0.6 is 0 Å². The maximum absolute atomic E-state index is 3.50. The number of hydrogen-bond acceptors (Lipinski definition) is 1. The number of nitrogens with zero attached hydrogens (tertiary/aromatic N) is 1. The molecule has 0 spiro atoms. The summed E-state index contributed by atoms with van der Waals surface area (Å²) in [5.41, 5.74) is 10.6. The molecule has 0 heterocycles. The summed E-state index contributed by atoms with van der Waals surface area (Å²) in [6, 6.07) is 37.6. The van der Waals surface area contributed by atoms with Gasteiger partial charge in [0.25, 0.3) is 0 Å². The van der Waals surface area contributed by atoms with E-state index in [0.717, 1.165) is 18.5 Å². The van der Waals surface area contributed by atoms with E-state index in [9.17, 15) is 0 Å². The monoisotopic (exact) mass is 573 g/mol. The molecule has 0 amide bonds. The maximum atomic E-state index is 3.50. The molecule has 0 atom stereocenters. The number of benzene rings is 4. The van der Waals surface area contributed by atoms with E-state index in [0.29, 0.717) is 0 Å². The molecule has 2 aliphatic carbocycles. The van der Waals surface area contributed by atoms with Crippen molar-refractivity contribution in [2.75, 3.05) is 19.0 Å². The van der Waals surface area contributed by atoms with Crippen LogP contribution in [0.4, 0.5) is 5.69 Å². The third kappa shape index (κ3) is 8.21. The van der Waals surface area contributed by atoms with E-state index < -0.39 is 0 Å². The summed E-state index contributed by atoms with van der Waals surface area (Å²) in [6.45, 7) is 2.08. The molecule has 0 radical (unpaired) electrons. The zero-order chi connectivity index (χ0) is 25.3. The minimum atomic E-state index is 0. The fourth-order valence-corrected chi connectivity index (χ4v) is 5.00. The number of allylic oxidation sites excluding steroid dienone is 4.